The number of rotatable bonds is 2. The molecule has 3 heterocycles. The van der Waals surface area contributed by atoms with Crippen LogP contribution in [0.4, 0.5) is 0 Å². The minimum atomic E-state index is 0.540. The Morgan fingerprint density at radius 3 is 2.08 bits per heavy atom. The summed E-state index contributed by atoms with van der Waals surface area (Å²) in [7, 11) is 0. The Morgan fingerprint density at radius 1 is 1.00 bits per heavy atom. The minimum Gasteiger partial charge on any atom is -0.379 e. The van der Waals surface area contributed by atoms with Gasteiger partial charge in [0.2, 0.25) is 0 Å². The average molecular weight is 187 g/mol. The Bertz CT molecular complexity index is 139. The first-order chi connectivity index (χ1) is 6.45. The van der Waals surface area contributed by atoms with E-state index in [9.17, 15) is 0 Å². The second kappa shape index (κ2) is 4.91. The van der Waals surface area contributed by atoms with Crippen LogP contribution in [0, 0.1) is 0 Å². The van der Waals surface area contributed by atoms with Gasteiger partial charge in [0, 0.05) is 19.6 Å². The SMILES string of the molecule is C1CN(CC2CO2)CCO1.C1CO1. The Balaban J connectivity index is 0.000000185. The van der Waals surface area contributed by atoms with Gasteiger partial charge in [0.05, 0.1) is 39.1 Å². The monoisotopic (exact) mass is 187 g/mol. The molecule has 3 rings (SSSR count). The largest absolute Gasteiger partial charge is 0.379 e. The van der Waals surface area contributed by atoms with Crippen molar-refractivity contribution >= 4 is 0 Å². The molecule has 0 saturated carbocycles. The lowest BCUT2D eigenvalue weighted by molar-refractivity contribution is 0.0349. The van der Waals surface area contributed by atoms with Crippen LogP contribution in [0.5, 0.6) is 0 Å². The van der Waals surface area contributed by atoms with E-state index in [1.807, 2.05) is 0 Å². The standard InChI is InChI=1S/C7H13NO2.C2H4O/c1-3-9-4-2-8(1)5-7-6-10-7;1-2-3-1/h7H,1-6H2;1-2H2. The van der Waals surface area contributed by atoms with Crippen molar-refractivity contribution in [2.45, 2.75) is 6.10 Å². The number of nitrogens with zero attached hydrogens (tertiary/aromatic N) is 1. The van der Waals surface area contributed by atoms with E-state index in [2.05, 4.69) is 9.64 Å². The molecule has 0 N–H and O–H groups in total. The van der Waals surface area contributed by atoms with Crippen molar-refractivity contribution in [1.82, 2.24) is 4.90 Å². The summed E-state index contributed by atoms with van der Waals surface area (Å²) in [6, 6.07) is 0. The molecule has 0 radical (unpaired) electrons. The van der Waals surface area contributed by atoms with E-state index < -0.39 is 0 Å². The van der Waals surface area contributed by atoms with Crippen LogP contribution in [0.15, 0.2) is 0 Å². The van der Waals surface area contributed by atoms with Crippen LogP contribution in [0.1, 0.15) is 0 Å². The second-order valence-corrected chi connectivity index (χ2v) is 3.48. The lowest BCUT2D eigenvalue weighted by Crippen LogP contribution is -2.38. The maximum Gasteiger partial charge on any atom is 0.0936 e. The number of morpholine rings is 1. The van der Waals surface area contributed by atoms with Crippen molar-refractivity contribution in [2.24, 2.45) is 0 Å². The summed E-state index contributed by atoms with van der Waals surface area (Å²) in [6.45, 7) is 8.04. The smallest absolute Gasteiger partial charge is 0.0936 e. The van der Waals surface area contributed by atoms with Gasteiger partial charge in [0.25, 0.3) is 0 Å². The van der Waals surface area contributed by atoms with Gasteiger partial charge in [0.15, 0.2) is 0 Å². The molecule has 1 unspecified atom stereocenters. The normalized spacial score (nSPS) is 31.8. The van der Waals surface area contributed by atoms with Crippen LogP contribution >= 0.6 is 0 Å². The van der Waals surface area contributed by atoms with Gasteiger partial charge in [0.1, 0.15) is 0 Å². The molecule has 76 valence electrons. The zero-order valence-corrected chi connectivity index (χ0v) is 7.91. The fourth-order valence-electron chi connectivity index (χ4n) is 1.25. The van der Waals surface area contributed by atoms with E-state index in [1.54, 1.807) is 0 Å². The van der Waals surface area contributed by atoms with Gasteiger partial charge in [-0.1, -0.05) is 0 Å². The third-order valence-corrected chi connectivity index (χ3v) is 2.17. The Kier molecular flexibility index (Phi) is 3.55. The maximum absolute atomic E-state index is 5.22. The summed E-state index contributed by atoms with van der Waals surface area (Å²) >= 11 is 0. The summed E-state index contributed by atoms with van der Waals surface area (Å²) in [5.74, 6) is 0. The highest BCUT2D eigenvalue weighted by atomic mass is 16.6. The number of epoxide rings is 2. The molecule has 0 aromatic rings. The molecule has 3 aliphatic heterocycles. The fourth-order valence-corrected chi connectivity index (χ4v) is 1.25. The minimum absolute atomic E-state index is 0.540. The molecule has 0 aromatic carbocycles. The summed E-state index contributed by atoms with van der Waals surface area (Å²) in [6.07, 6.45) is 0.540. The predicted octanol–water partition coefficient (Wildman–Crippen LogP) is -0.266. The van der Waals surface area contributed by atoms with Crippen LogP contribution in [0.3, 0.4) is 0 Å². The molecule has 0 aromatic heterocycles. The molecule has 4 nitrogen and oxygen atoms in total. The molecule has 3 aliphatic rings. The lowest BCUT2D eigenvalue weighted by atomic mass is 10.3. The van der Waals surface area contributed by atoms with E-state index in [4.69, 9.17) is 9.47 Å². The van der Waals surface area contributed by atoms with Crippen LogP contribution in [-0.2, 0) is 14.2 Å². The first-order valence-corrected chi connectivity index (χ1v) is 4.94. The zero-order valence-electron chi connectivity index (χ0n) is 7.91. The van der Waals surface area contributed by atoms with E-state index in [1.165, 1.54) is 0 Å². The Morgan fingerprint density at radius 2 is 1.62 bits per heavy atom. The number of hydrogen-bond donors (Lipinski definition) is 0. The van der Waals surface area contributed by atoms with Crippen molar-refractivity contribution in [3.8, 4) is 0 Å². The van der Waals surface area contributed by atoms with Gasteiger partial charge < -0.3 is 14.2 Å². The molecule has 0 bridgehead atoms. The predicted molar refractivity (Wildman–Crippen MR) is 47.8 cm³/mol. The summed E-state index contributed by atoms with van der Waals surface area (Å²) in [4.78, 5) is 2.40. The van der Waals surface area contributed by atoms with Gasteiger partial charge in [-0.3, -0.25) is 4.90 Å². The fraction of sp³-hybridized carbons (Fsp3) is 1.00. The quantitative estimate of drug-likeness (QED) is 0.558. The summed E-state index contributed by atoms with van der Waals surface area (Å²) < 4.78 is 14.8. The molecular weight excluding hydrogens is 170 g/mol. The molecule has 0 spiro atoms. The van der Waals surface area contributed by atoms with Crippen molar-refractivity contribution in [3.63, 3.8) is 0 Å². The highest BCUT2D eigenvalue weighted by Crippen LogP contribution is 2.11. The van der Waals surface area contributed by atoms with Gasteiger partial charge in [-0.2, -0.15) is 0 Å². The highest BCUT2D eigenvalue weighted by molar-refractivity contribution is 4.75. The molecule has 0 aliphatic carbocycles. The van der Waals surface area contributed by atoms with Crippen LogP contribution in [-0.4, -0.2) is 63.7 Å². The van der Waals surface area contributed by atoms with E-state index in [0.717, 1.165) is 52.7 Å². The lowest BCUT2D eigenvalue weighted by Gasteiger charge is -2.25. The Labute approximate surface area is 78.7 Å². The van der Waals surface area contributed by atoms with Gasteiger partial charge in [-0.05, 0) is 0 Å². The number of ether oxygens (including phenoxy) is 3. The summed E-state index contributed by atoms with van der Waals surface area (Å²) in [5.41, 5.74) is 0. The van der Waals surface area contributed by atoms with E-state index in [0.29, 0.717) is 6.10 Å². The molecular formula is C9H17NO3. The van der Waals surface area contributed by atoms with Gasteiger partial charge >= 0.3 is 0 Å². The van der Waals surface area contributed by atoms with Crippen molar-refractivity contribution in [3.05, 3.63) is 0 Å². The topological polar surface area (TPSA) is 37.5 Å². The van der Waals surface area contributed by atoms with Crippen molar-refractivity contribution in [1.29, 1.82) is 0 Å². The molecule has 1 atom stereocenters. The van der Waals surface area contributed by atoms with Crippen LogP contribution in [0.2, 0.25) is 0 Å². The third kappa shape index (κ3) is 4.57. The first kappa shape index (κ1) is 9.40. The molecule has 3 fully saturated rings. The average Bonchev–Trinajstić information content (AvgIpc) is 3.03. The van der Waals surface area contributed by atoms with Crippen molar-refractivity contribution in [2.75, 3.05) is 52.7 Å². The molecule has 3 saturated heterocycles. The molecule has 0 amide bonds. The van der Waals surface area contributed by atoms with Gasteiger partial charge in [-0.25, -0.2) is 0 Å². The van der Waals surface area contributed by atoms with E-state index >= 15 is 0 Å². The Hall–Kier alpha value is -0.160. The van der Waals surface area contributed by atoms with E-state index in [-0.39, 0.29) is 0 Å². The second-order valence-electron chi connectivity index (χ2n) is 3.48. The zero-order chi connectivity index (χ0) is 8.93. The maximum atomic E-state index is 5.22. The molecule has 4 heteroatoms. The van der Waals surface area contributed by atoms with Crippen LogP contribution in [0.25, 0.3) is 0 Å². The number of hydrogen-bond acceptors (Lipinski definition) is 4. The first-order valence-electron chi connectivity index (χ1n) is 4.94. The van der Waals surface area contributed by atoms with Gasteiger partial charge in [-0.15, -0.1) is 0 Å². The highest BCUT2D eigenvalue weighted by Gasteiger charge is 2.25. The van der Waals surface area contributed by atoms with Crippen LogP contribution < -0.4 is 0 Å². The molecule has 13 heavy (non-hydrogen) atoms. The third-order valence-electron chi connectivity index (χ3n) is 2.17. The summed E-state index contributed by atoms with van der Waals surface area (Å²) in [5, 5.41) is 0. The van der Waals surface area contributed by atoms with Crippen molar-refractivity contribution < 1.29 is 14.2 Å².